The Hall–Kier alpha value is -2.89. The summed E-state index contributed by atoms with van der Waals surface area (Å²) in [5.41, 5.74) is 0. The van der Waals surface area contributed by atoms with Gasteiger partial charge in [0.05, 0.1) is 0 Å². The summed E-state index contributed by atoms with van der Waals surface area (Å²) in [5.74, 6) is -0.976. The van der Waals surface area contributed by atoms with Crippen LogP contribution < -0.4 is 0 Å². The summed E-state index contributed by atoms with van der Waals surface area (Å²) in [6.07, 6.45) is 76.9. The second kappa shape index (κ2) is 60.7. The van der Waals surface area contributed by atoms with Gasteiger partial charge in [-0.3, -0.25) is 14.4 Å². The van der Waals surface area contributed by atoms with Crippen molar-refractivity contribution >= 4 is 17.9 Å². The predicted molar refractivity (Wildman–Crippen MR) is 312 cm³/mol. The smallest absolute Gasteiger partial charge is 0.306 e. The lowest BCUT2D eigenvalue weighted by Crippen LogP contribution is -2.30. The van der Waals surface area contributed by atoms with E-state index in [9.17, 15) is 14.4 Å². The molecule has 6 heteroatoms. The van der Waals surface area contributed by atoms with Gasteiger partial charge in [0.15, 0.2) is 6.10 Å². The van der Waals surface area contributed by atoms with Crippen molar-refractivity contribution in [2.24, 2.45) is 0 Å². The Morgan fingerprint density at radius 2 is 0.569 bits per heavy atom. The van der Waals surface area contributed by atoms with Crippen molar-refractivity contribution in [2.75, 3.05) is 13.2 Å². The lowest BCUT2D eigenvalue weighted by molar-refractivity contribution is -0.166. The van der Waals surface area contributed by atoms with E-state index in [1.807, 2.05) is 6.08 Å². The van der Waals surface area contributed by atoms with Crippen molar-refractivity contribution in [3.05, 3.63) is 60.8 Å². The minimum atomic E-state index is -0.806. The maximum Gasteiger partial charge on any atom is 0.306 e. The van der Waals surface area contributed by atoms with E-state index in [1.54, 1.807) is 0 Å². The molecule has 0 fully saturated rings. The summed E-state index contributed by atoms with van der Waals surface area (Å²) < 4.78 is 16.8. The molecule has 72 heavy (non-hydrogen) atoms. The molecular formula is C66H118O6. The van der Waals surface area contributed by atoms with E-state index in [0.29, 0.717) is 19.3 Å². The summed E-state index contributed by atoms with van der Waals surface area (Å²) >= 11 is 0. The van der Waals surface area contributed by atoms with Gasteiger partial charge in [0, 0.05) is 19.3 Å². The number of allylic oxidation sites excluding steroid dienone is 10. The third-order valence-corrected chi connectivity index (χ3v) is 13.8. The molecular weight excluding hydrogens is 889 g/mol. The zero-order valence-electron chi connectivity index (χ0n) is 47.9. The van der Waals surface area contributed by atoms with Crippen molar-refractivity contribution < 1.29 is 28.6 Å². The van der Waals surface area contributed by atoms with Crippen molar-refractivity contribution in [2.45, 2.75) is 329 Å². The molecule has 0 amide bonds. The Morgan fingerprint density at radius 3 is 0.931 bits per heavy atom. The molecule has 0 aromatic carbocycles. The standard InChI is InChI=1S/C66H118O6/c1-4-7-10-13-16-19-22-25-27-28-29-30-31-32-33-34-35-36-37-39-41-44-47-50-53-56-59-65(68)71-62-63(61-70-64(67)58-55-52-49-46-43-40-24-21-18-15-12-9-6-3)72-66(69)60-57-54-51-48-45-42-38-26-23-20-17-14-11-8-5-2/h9,12,18,21,26,38,40,43,49,52,63H,4-8,10-11,13-17,19-20,22-25,27-37,39,41-42,44-48,50-51,53-62H2,1-3H3/b12-9-,21-18-,38-26-,43-40-,52-49-. The zero-order valence-corrected chi connectivity index (χ0v) is 47.9. The van der Waals surface area contributed by atoms with Crippen molar-refractivity contribution in [3.8, 4) is 0 Å². The quantitative estimate of drug-likeness (QED) is 0.0261. The van der Waals surface area contributed by atoms with E-state index < -0.39 is 6.10 Å². The van der Waals surface area contributed by atoms with E-state index in [1.165, 1.54) is 199 Å². The average molecular weight is 1010 g/mol. The molecule has 0 heterocycles. The Balaban J connectivity index is 4.26. The largest absolute Gasteiger partial charge is 0.462 e. The van der Waals surface area contributed by atoms with Crippen LogP contribution in [0.1, 0.15) is 323 Å². The van der Waals surface area contributed by atoms with Gasteiger partial charge < -0.3 is 14.2 Å². The molecule has 0 N–H and O–H groups in total. The molecule has 1 unspecified atom stereocenters. The highest BCUT2D eigenvalue weighted by molar-refractivity contribution is 5.71. The molecule has 0 aromatic rings. The van der Waals surface area contributed by atoms with Crippen LogP contribution in [0.25, 0.3) is 0 Å². The molecule has 0 aromatic heterocycles. The van der Waals surface area contributed by atoms with Gasteiger partial charge in [-0.25, -0.2) is 0 Å². The number of carbonyl (C=O) groups excluding carboxylic acids is 3. The molecule has 0 spiro atoms. The minimum absolute atomic E-state index is 0.0967. The first kappa shape index (κ1) is 69.1. The van der Waals surface area contributed by atoms with Crippen LogP contribution in [0.15, 0.2) is 60.8 Å². The van der Waals surface area contributed by atoms with Crippen molar-refractivity contribution in [1.29, 1.82) is 0 Å². The number of carbonyl (C=O) groups is 3. The molecule has 1 atom stereocenters. The van der Waals surface area contributed by atoms with Crippen LogP contribution in [-0.4, -0.2) is 37.2 Å². The van der Waals surface area contributed by atoms with Gasteiger partial charge in [-0.15, -0.1) is 0 Å². The van der Waals surface area contributed by atoms with E-state index in [-0.39, 0.29) is 37.5 Å². The number of rotatable bonds is 57. The van der Waals surface area contributed by atoms with Crippen LogP contribution >= 0.6 is 0 Å². The lowest BCUT2D eigenvalue weighted by atomic mass is 10.0. The molecule has 0 aliphatic heterocycles. The van der Waals surface area contributed by atoms with Crippen molar-refractivity contribution in [3.63, 3.8) is 0 Å². The molecule has 0 saturated carbocycles. The maximum atomic E-state index is 12.9. The monoisotopic (exact) mass is 1010 g/mol. The van der Waals surface area contributed by atoms with Crippen LogP contribution in [-0.2, 0) is 28.6 Å². The Bertz CT molecular complexity index is 1290. The SMILES string of the molecule is CC/C=C\C/C=C\C/C=C\C/C=C\CCC(=O)OCC(COC(=O)CCCCCCCCCCCCCCCCCCCCCCCCCCCC)OC(=O)CCCCCCC/C=C\CCCCCCCC. The minimum Gasteiger partial charge on any atom is -0.462 e. The summed E-state index contributed by atoms with van der Waals surface area (Å²) in [4.78, 5) is 38.1. The predicted octanol–water partition coefficient (Wildman–Crippen LogP) is 21.2. The molecule has 0 rings (SSSR count). The molecule has 0 aliphatic carbocycles. The second-order valence-corrected chi connectivity index (χ2v) is 20.9. The molecule has 0 bridgehead atoms. The Morgan fingerprint density at radius 1 is 0.292 bits per heavy atom. The highest BCUT2D eigenvalue weighted by Crippen LogP contribution is 2.17. The first-order valence-corrected chi connectivity index (χ1v) is 31.3. The summed E-state index contributed by atoms with van der Waals surface area (Å²) in [7, 11) is 0. The Labute approximate surface area is 447 Å². The number of ether oxygens (including phenoxy) is 3. The lowest BCUT2D eigenvalue weighted by Gasteiger charge is -2.18. The van der Waals surface area contributed by atoms with E-state index >= 15 is 0 Å². The summed E-state index contributed by atoms with van der Waals surface area (Å²) in [6, 6.07) is 0. The van der Waals surface area contributed by atoms with Crippen LogP contribution in [0.3, 0.4) is 0 Å². The third-order valence-electron chi connectivity index (χ3n) is 13.8. The Kier molecular flexibility index (Phi) is 58.2. The van der Waals surface area contributed by atoms with E-state index in [2.05, 4.69) is 75.5 Å². The molecule has 0 aliphatic rings. The van der Waals surface area contributed by atoms with Crippen LogP contribution in [0.4, 0.5) is 0 Å². The normalized spacial score (nSPS) is 12.4. The van der Waals surface area contributed by atoms with Crippen LogP contribution in [0, 0.1) is 0 Å². The zero-order chi connectivity index (χ0) is 52.2. The van der Waals surface area contributed by atoms with Gasteiger partial charge in [-0.05, 0) is 70.6 Å². The highest BCUT2D eigenvalue weighted by atomic mass is 16.6. The number of unbranched alkanes of at least 4 members (excludes halogenated alkanes) is 36. The summed E-state index contributed by atoms with van der Waals surface area (Å²) in [5, 5.41) is 0. The van der Waals surface area contributed by atoms with Crippen LogP contribution in [0.5, 0.6) is 0 Å². The van der Waals surface area contributed by atoms with Gasteiger partial charge in [0.25, 0.3) is 0 Å². The van der Waals surface area contributed by atoms with Gasteiger partial charge in [-0.1, -0.05) is 293 Å². The van der Waals surface area contributed by atoms with Gasteiger partial charge >= 0.3 is 17.9 Å². The average Bonchev–Trinajstić information content (AvgIpc) is 3.38. The van der Waals surface area contributed by atoms with Gasteiger partial charge in [-0.2, -0.15) is 0 Å². The van der Waals surface area contributed by atoms with Crippen LogP contribution in [0.2, 0.25) is 0 Å². The maximum absolute atomic E-state index is 12.9. The van der Waals surface area contributed by atoms with E-state index in [4.69, 9.17) is 14.2 Å². The fraction of sp³-hybridized carbons (Fsp3) is 0.803. The first-order valence-electron chi connectivity index (χ1n) is 31.3. The summed E-state index contributed by atoms with van der Waals surface area (Å²) in [6.45, 7) is 6.49. The third kappa shape index (κ3) is 58.0. The first-order chi connectivity index (χ1) is 35.5. The molecule has 0 saturated heterocycles. The second-order valence-electron chi connectivity index (χ2n) is 20.9. The van der Waals surface area contributed by atoms with Crippen molar-refractivity contribution in [1.82, 2.24) is 0 Å². The highest BCUT2D eigenvalue weighted by Gasteiger charge is 2.19. The molecule has 6 nitrogen and oxygen atoms in total. The number of esters is 3. The molecule has 0 radical (unpaired) electrons. The fourth-order valence-corrected chi connectivity index (χ4v) is 9.10. The fourth-order valence-electron chi connectivity index (χ4n) is 9.10. The number of hydrogen-bond donors (Lipinski definition) is 0. The molecule has 418 valence electrons. The topological polar surface area (TPSA) is 78.9 Å². The van der Waals surface area contributed by atoms with E-state index in [0.717, 1.165) is 77.0 Å². The number of hydrogen-bond acceptors (Lipinski definition) is 6. The van der Waals surface area contributed by atoms with Gasteiger partial charge in [0.2, 0.25) is 0 Å². The van der Waals surface area contributed by atoms with Gasteiger partial charge in [0.1, 0.15) is 13.2 Å².